The molecule has 0 spiro atoms. The Kier molecular flexibility index (Phi) is 9.15. The van der Waals surface area contributed by atoms with Gasteiger partial charge >= 0.3 is 0 Å². The summed E-state index contributed by atoms with van der Waals surface area (Å²) in [6, 6.07) is 70.9. The lowest BCUT2D eigenvalue weighted by Crippen LogP contribution is -2.00. The van der Waals surface area contributed by atoms with Gasteiger partial charge in [-0.3, -0.25) is 4.98 Å². The number of benzene rings is 9. The van der Waals surface area contributed by atoms with Crippen LogP contribution < -0.4 is 0 Å². The smallest absolute Gasteiger partial charge is 0.202 e. The highest BCUT2D eigenvalue weighted by Gasteiger charge is 2.20. The molecule has 0 aliphatic heterocycles. The number of hydrogen-bond acceptors (Lipinski definition) is 4. The monoisotopic (exact) mass is 789 g/mol. The van der Waals surface area contributed by atoms with E-state index >= 15 is 0 Å². The minimum Gasteiger partial charge on any atom is -0.256 e. The molecular weight excluding hydrogens is 755 g/mol. The summed E-state index contributed by atoms with van der Waals surface area (Å²) >= 11 is 0. The maximum Gasteiger partial charge on any atom is 0.202 e. The van der Waals surface area contributed by atoms with Crippen molar-refractivity contribution in [1.82, 2.24) is 19.9 Å². The van der Waals surface area contributed by atoms with Crippen molar-refractivity contribution in [1.29, 1.82) is 0 Å². The van der Waals surface area contributed by atoms with Crippen molar-refractivity contribution in [2.75, 3.05) is 0 Å². The summed E-state index contributed by atoms with van der Waals surface area (Å²) in [5, 5.41) is 5.57. The second kappa shape index (κ2) is 15.5. The van der Waals surface area contributed by atoms with Crippen LogP contribution in [-0.4, -0.2) is 19.9 Å². The third-order valence-electron chi connectivity index (χ3n) is 11.6. The van der Waals surface area contributed by atoms with Crippen LogP contribution in [0.25, 0.3) is 116 Å². The molecule has 0 N–H and O–H groups in total. The van der Waals surface area contributed by atoms with E-state index in [0.717, 1.165) is 93.6 Å². The summed E-state index contributed by atoms with van der Waals surface area (Å²) in [6.45, 7) is 8.37. The highest BCUT2D eigenvalue weighted by molar-refractivity contribution is 6.23. The molecule has 2 aromatic heterocycles. The predicted molar refractivity (Wildman–Crippen MR) is 254 cm³/mol. The molecule has 62 heavy (non-hydrogen) atoms. The molecule has 0 amide bonds. The van der Waals surface area contributed by atoms with Crippen LogP contribution in [0.5, 0.6) is 0 Å². The van der Waals surface area contributed by atoms with Crippen LogP contribution in [0.4, 0.5) is 5.69 Å². The summed E-state index contributed by atoms with van der Waals surface area (Å²) in [5.74, 6) is 1.86. The zero-order valence-electron chi connectivity index (χ0n) is 33.4. The van der Waals surface area contributed by atoms with Gasteiger partial charge in [0.2, 0.25) is 5.69 Å². The molecule has 0 atom stereocenters. The quantitative estimate of drug-likeness (QED) is 0.119. The van der Waals surface area contributed by atoms with Gasteiger partial charge in [0, 0.05) is 33.8 Å². The molecule has 0 aliphatic carbocycles. The van der Waals surface area contributed by atoms with Gasteiger partial charge in [-0.25, -0.2) is 19.8 Å². The summed E-state index contributed by atoms with van der Waals surface area (Å²) in [6.07, 6.45) is 1.87. The van der Waals surface area contributed by atoms with Gasteiger partial charge in [-0.2, -0.15) is 0 Å². The Hall–Kier alpha value is -8.59. The molecule has 0 unspecified atom stereocenters. The molecule has 0 radical (unpaired) electrons. The molecule has 0 fully saturated rings. The molecule has 2 heterocycles. The Balaban J connectivity index is 1.12. The van der Waals surface area contributed by atoms with Crippen LogP contribution in [0.15, 0.2) is 212 Å². The first-order valence-corrected chi connectivity index (χ1v) is 20.6. The van der Waals surface area contributed by atoms with E-state index in [1.807, 2.05) is 109 Å². The Morgan fingerprint density at radius 1 is 0.306 bits per heavy atom. The van der Waals surface area contributed by atoms with Gasteiger partial charge in [-0.1, -0.05) is 182 Å². The Morgan fingerprint density at radius 3 is 1.34 bits per heavy atom. The van der Waals surface area contributed by atoms with E-state index < -0.39 is 0 Å². The maximum absolute atomic E-state index is 8.37. The molecule has 288 valence electrons. The Morgan fingerprint density at radius 2 is 0.758 bits per heavy atom. The van der Waals surface area contributed by atoms with Crippen molar-refractivity contribution >= 4 is 38.1 Å². The van der Waals surface area contributed by atoms with E-state index in [4.69, 9.17) is 26.5 Å². The van der Waals surface area contributed by atoms with Crippen LogP contribution in [0, 0.1) is 6.57 Å². The number of pyridine rings is 1. The summed E-state index contributed by atoms with van der Waals surface area (Å²) in [4.78, 5) is 24.2. The second-order valence-corrected chi connectivity index (χ2v) is 15.3. The van der Waals surface area contributed by atoms with Crippen LogP contribution in [0.2, 0.25) is 0 Å². The van der Waals surface area contributed by atoms with Crippen molar-refractivity contribution in [3.05, 3.63) is 224 Å². The van der Waals surface area contributed by atoms with E-state index in [9.17, 15) is 0 Å². The molecule has 11 rings (SSSR count). The fraction of sp³-hybridized carbons (Fsp3) is 0. The number of fused-ring (bicyclic) bond motifs is 5. The van der Waals surface area contributed by atoms with Gasteiger partial charge in [-0.05, 0) is 84.8 Å². The van der Waals surface area contributed by atoms with E-state index in [2.05, 4.69) is 108 Å². The normalized spacial score (nSPS) is 11.2. The lowest BCUT2D eigenvalue weighted by atomic mass is 9.87. The number of rotatable bonds is 7. The molecule has 0 saturated heterocycles. The van der Waals surface area contributed by atoms with Gasteiger partial charge in [0.15, 0.2) is 17.5 Å². The minimum atomic E-state index is 0.609. The number of aromatic nitrogens is 4. The SMILES string of the molecule is [C-]#[N+]c1c(-c2ccccc2)cc(-c2cc3c4ccccc4c(-c4cccc(-c5nc(-c6ccccc6)nc(-c6ccccc6)n5)c4)cc3c3cccnc23)cc1-c1ccccc1. The van der Waals surface area contributed by atoms with Gasteiger partial charge < -0.3 is 0 Å². The van der Waals surface area contributed by atoms with Gasteiger partial charge in [0.1, 0.15) is 0 Å². The average Bonchev–Trinajstić information content (AvgIpc) is 3.36. The van der Waals surface area contributed by atoms with E-state index in [-0.39, 0.29) is 0 Å². The number of hydrogen-bond donors (Lipinski definition) is 0. The first-order valence-electron chi connectivity index (χ1n) is 20.6. The van der Waals surface area contributed by atoms with Crippen molar-refractivity contribution in [2.45, 2.75) is 0 Å². The first-order chi connectivity index (χ1) is 30.7. The Labute approximate surface area is 359 Å². The zero-order valence-corrected chi connectivity index (χ0v) is 33.4. The molecule has 5 nitrogen and oxygen atoms in total. The zero-order chi connectivity index (χ0) is 41.4. The van der Waals surface area contributed by atoms with E-state index in [1.165, 1.54) is 0 Å². The van der Waals surface area contributed by atoms with Gasteiger partial charge in [0.05, 0.1) is 12.1 Å². The van der Waals surface area contributed by atoms with Crippen molar-refractivity contribution in [2.24, 2.45) is 0 Å². The van der Waals surface area contributed by atoms with Crippen molar-refractivity contribution < 1.29 is 0 Å². The summed E-state index contributed by atoms with van der Waals surface area (Å²) in [5.41, 5.74) is 12.2. The highest BCUT2D eigenvalue weighted by Crippen LogP contribution is 2.46. The van der Waals surface area contributed by atoms with Gasteiger partial charge in [-0.15, -0.1) is 0 Å². The largest absolute Gasteiger partial charge is 0.256 e. The van der Waals surface area contributed by atoms with E-state index in [1.54, 1.807) is 0 Å². The van der Waals surface area contributed by atoms with Crippen LogP contribution in [-0.2, 0) is 0 Å². The lowest BCUT2D eigenvalue weighted by molar-refractivity contribution is 1.07. The molecule has 0 bridgehead atoms. The molecule has 0 aliphatic rings. The third-order valence-corrected chi connectivity index (χ3v) is 11.6. The van der Waals surface area contributed by atoms with Crippen molar-refractivity contribution in [3.63, 3.8) is 0 Å². The van der Waals surface area contributed by atoms with Crippen LogP contribution in [0.3, 0.4) is 0 Å². The molecule has 5 heteroatoms. The maximum atomic E-state index is 8.37. The molecule has 11 aromatic rings. The van der Waals surface area contributed by atoms with Crippen LogP contribution in [0.1, 0.15) is 0 Å². The topological polar surface area (TPSA) is 55.9 Å². The fourth-order valence-corrected chi connectivity index (χ4v) is 8.63. The van der Waals surface area contributed by atoms with Gasteiger partial charge in [0.25, 0.3) is 0 Å². The fourth-order valence-electron chi connectivity index (χ4n) is 8.63. The summed E-state index contributed by atoms with van der Waals surface area (Å²) in [7, 11) is 0. The average molecular weight is 790 g/mol. The summed E-state index contributed by atoms with van der Waals surface area (Å²) < 4.78 is 0. The molecule has 0 saturated carbocycles. The Bertz CT molecular complexity index is 3390. The highest BCUT2D eigenvalue weighted by atomic mass is 15.0. The van der Waals surface area contributed by atoms with Crippen LogP contribution >= 0.6 is 0 Å². The first kappa shape index (κ1) is 36.5. The van der Waals surface area contributed by atoms with E-state index in [0.29, 0.717) is 23.2 Å². The predicted octanol–water partition coefficient (Wildman–Crippen LogP) is 14.9. The second-order valence-electron chi connectivity index (χ2n) is 15.3. The molecule has 9 aromatic carbocycles. The number of nitrogens with zero attached hydrogens (tertiary/aromatic N) is 5. The minimum absolute atomic E-state index is 0.609. The third kappa shape index (κ3) is 6.53. The standard InChI is InChI=1S/C57H35N5/c1-58-53-48(37-18-6-2-7-19-37)33-43(34-49(53)38-20-8-3-9-21-38)50-36-51-45-29-15-14-28-44(45)47(35-52(51)46-30-17-31-59-54(46)50)41-26-16-27-42(32-41)57-61-55(39-22-10-4-11-23-39)60-56(62-57)40-24-12-5-13-25-40/h2-36H. The lowest BCUT2D eigenvalue weighted by Gasteiger charge is -2.18. The van der Waals surface area contributed by atoms with Crippen molar-refractivity contribution in [3.8, 4) is 78.7 Å². The molecular formula is C57H35N5.